The second kappa shape index (κ2) is 5.91. The van der Waals surface area contributed by atoms with Crippen LogP contribution in [0, 0.1) is 5.41 Å². The molecule has 0 saturated carbocycles. The minimum absolute atomic E-state index is 0.204. The molecular formula is C15H22N2O2S2. The third-order valence-electron chi connectivity index (χ3n) is 4.75. The van der Waals surface area contributed by atoms with Crippen LogP contribution in [0.3, 0.4) is 0 Å². The highest BCUT2D eigenvalue weighted by molar-refractivity contribution is 7.98. The molecule has 6 heteroatoms. The van der Waals surface area contributed by atoms with E-state index >= 15 is 0 Å². The summed E-state index contributed by atoms with van der Waals surface area (Å²) >= 11 is 1.57. The molecule has 1 N–H and O–H groups in total. The minimum atomic E-state index is -3.35. The Balaban J connectivity index is 1.82. The molecule has 2 fully saturated rings. The van der Waals surface area contributed by atoms with Crippen LogP contribution < -0.4 is 5.32 Å². The largest absolute Gasteiger partial charge is 0.317 e. The highest BCUT2D eigenvalue weighted by Crippen LogP contribution is 2.40. The SMILES string of the molecule is CSc1cccc(S(=O)(=O)N2CCC3(CCNCC3)C2)c1. The second-order valence-corrected chi connectivity index (χ2v) is 8.84. The monoisotopic (exact) mass is 326 g/mol. The van der Waals surface area contributed by atoms with Crippen molar-refractivity contribution in [2.45, 2.75) is 29.1 Å². The molecule has 1 aromatic carbocycles. The van der Waals surface area contributed by atoms with Gasteiger partial charge in [0.05, 0.1) is 4.90 Å². The van der Waals surface area contributed by atoms with E-state index in [0.29, 0.717) is 18.0 Å². The van der Waals surface area contributed by atoms with Crippen molar-refractivity contribution in [3.05, 3.63) is 24.3 Å². The quantitative estimate of drug-likeness (QED) is 0.865. The number of thioether (sulfide) groups is 1. The fourth-order valence-corrected chi connectivity index (χ4v) is 5.51. The Kier molecular flexibility index (Phi) is 4.32. The van der Waals surface area contributed by atoms with Gasteiger partial charge in [-0.3, -0.25) is 0 Å². The van der Waals surface area contributed by atoms with E-state index in [4.69, 9.17) is 0 Å². The van der Waals surface area contributed by atoms with E-state index in [9.17, 15) is 8.42 Å². The maximum atomic E-state index is 12.8. The molecule has 0 amide bonds. The van der Waals surface area contributed by atoms with E-state index in [1.807, 2.05) is 18.4 Å². The summed E-state index contributed by atoms with van der Waals surface area (Å²) in [7, 11) is -3.35. The summed E-state index contributed by atoms with van der Waals surface area (Å²) in [6, 6.07) is 7.27. The van der Waals surface area contributed by atoms with Crippen molar-refractivity contribution in [2.75, 3.05) is 32.4 Å². The lowest BCUT2D eigenvalue weighted by Crippen LogP contribution is -2.39. The van der Waals surface area contributed by atoms with Crippen LogP contribution in [0.1, 0.15) is 19.3 Å². The fourth-order valence-electron chi connectivity index (χ4n) is 3.38. The van der Waals surface area contributed by atoms with Gasteiger partial charge in [-0.1, -0.05) is 6.07 Å². The van der Waals surface area contributed by atoms with Crippen molar-refractivity contribution in [2.24, 2.45) is 5.41 Å². The molecular weight excluding hydrogens is 304 g/mol. The summed E-state index contributed by atoms with van der Waals surface area (Å²) in [4.78, 5) is 1.42. The van der Waals surface area contributed by atoms with Gasteiger partial charge in [-0.2, -0.15) is 4.31 Å². The van der Waals surface area contributed by atoms with Gasteiger partial charge in [-0.25, -0.2) is 8.42 Å². The van der Waals surface area contributed by atoms with Gasteiger partial charge in [-0.05, 0) is 62.2 Å². The average molecular weight is 326 g/mol. The molecule has 2 aliphatic heterocycles. The highest BCUT2D eigenvalue weighted by atomic mass is 32.2. The first kappa shape index (κ1) is 15.3. The first-order valence-corrected chi connectivity index (χ1v) is 10.1. The second-order valence-electron chi connectivity index (χ2n) is 6.02. The molecule has 1 spiro atoms. The van der Waals surface area contributed by atoms with Crippen molar-refractivity contribution in [3.63, 3.8) is 0 Å². The van der Waals surface area contributed by atoms with Gasteiger partial charge < -0.3 is 5.32 Å². The van der Waals surface area contributed by atoms with Crippen LogP contribution in [-0.2, 0) is 10.0 Å². The van der Waals surface area contributed by atoms with Crippen LogP contribution in [-0.4, -0.2) is 45.2 Å². The standard InChI is InChI=1S/C15H22N2O2S2/c1-20-13-3-2-4-14(11-13)21(18,19)17-10-7-15(12-17)5-8-16-9-6-15/h2-4,11,16H,5-10,12H2,1H3. The molecule has 116 valence electrons. The summed E-state index contributed by atoms with van der Waals surface area (Å²) in [5.74, 6) is 0. The molecule has 0 aliphatic carbocycles. The number of nitrogens with one attached hydrogen (secondary N) is 1. The normalized spacial score (nSPS) is 22.7. The summed E-state index contributed by atoms with van der Waals surface area (Å²) in [5.41, 5.74) is 0.204. The molecule has 21 heavy (non-hydrogen) atoms. The number of sulfonamides is 1. The van der Waals surface area contributed by atoms with Gasteiger partial charge in [0.2, 0.25) is 10.0 Å². The minimum Gasteiger partial charge on any atom is -0.317 e. The molecule has 2 saturated heterocycles. The summed E-state index contributed by atoms with van der Waals surface area (Å²) in [6.45, 7) is 3.36. The zero-order valence-corrected chi connectivity index (χ0v) is 14.0. The van der Waals surface area contributed by atoms with Crippen LogP contribution in [0.5, 0.6) is 0 Å². The summed E-state index contributed by atoms with van der Waals surface area (Å²) < 4.78 is 27.4. The molecule has 1 aromatic rings. The van der Waals surface area contributed by atoms with Gasteiger partial charge in [0.1, 0.15) is 0 Å². The number of nitrogens with zero attached hydrogens (tertiary/aromatic N) is 1. The summed E-state index contributed by atoms with van der Waals surface area (Å²) in [5, 5.41) is 3.37. The lowest BCUT2D eigenvalue weighted by atomic mass is 9.78. The Morgan fingerprint density at radius 1 is 1.24 bits per heavy atom. The third kappa shape index (κ3) is 2.99. The average Bonchev–Trinajstić information content (AvgIpc) is 2.92. The topological polar surface area (TPSA) is 49.4 Å². The van der Waals surface area contributed by atoms with Gasteiger partial charge in [-0.15, -0.1) is 11.8 Å². The highest BCUT2D eigenvalue weighted by Gasteiger charge is 2.43. The Hall–Kier alpha value is -0.560. The fraction of sp³-hybridized carbons (Fsp3) is 0.600. The number of rotatable bonds is 3. The Bertz CT molecular complexity index is 610. The smallest absolute Gasteiger partial charge is 0.243 e. The number of benzene rings is 1. The van der Waals surface area contributed by atoms with Gasteiger partial charge in [0, 0.05) is 18.0 Å². The first-order valence-electron chi connectivity index (χ1n) is 7.41. The van der Waals surface area contributed by atoms with Gasteiger partial charge in [0.15, 0.2) is 0 Å². The number of hydrogen-bond donors (Lipinski definition) is 1. The Morgan fingerprint density at radius 3 is 2.71 bits per heavy atom. The van der Waals surface area contributed by atoms with Crippen LogP contribution in [0.15, 0.2) is 34.1 Å². The van der Waals surface area contributed by atoms with Crippen molar-refractivity contribution in [1.29, 1.82) is 0 Å². The van der Waals surface area contributed by atoms with Crippen molar-refractivity contribution in [1.82, 2.24) is 9.62 Å². The molecule has 2 aliphatic rings. The van der Waals surface area contributed by atoms with E-state index in [0.717, 1.165) is 37.2 Å². The van der Waals surface area contributed by atoms with E-state index in [1.165, 1.54) is 0 Å². The van der Waals surface area contributed by atoms with Gasteiger partial charge in [0.25, 0.3) is 0 Å². The molecule has 0 radical (unpaired) electrons. The van der Waals surface area contributed by atoms with Crippen LogP contribution in [0.2, 0.25) is 0 Å². The van der Waals surface area contributed by atoms with E-state index in [-0.39, 0.29) is 5.41 Å². The molecule has 2 heterocycles. The van der Waals surface area contributed by atoms with Gasteiger partial charge >= 0.3 is 0 Å². The predicted molar refractivity (Wildman–Crippen MR) is 86.1 cm³/mol. The zero-order chi connectivity index (χ0) is 14.9. The molecule has 0 atom stereocenters. The van der Waals surface area contributed by atoms with E-state index in [2.05, 4.69) is 5.32 Å². The van der Waals surface area contributed by atoms with Crippen molar-refractivity contribution < 1.29 is 8.42 Å². The predicted octanol–water partition coefficient (Wildman–Crippen LogP) is 2.17. The molecule has 0 aromatic heterocycles. The molecule has 0 bridgehead atoms. The maximum Gasteiger partial charge on any atom is 0.243 e. The molecule has 4 nitrogen and oxygen atoms in total. The van der Waals surface area contributed by atoms with Crippen LogP contribution in [0.25, 0.3) is 0 Å². The van der Waals surface area contributed by atoms with E-state index in [1.54, 1.807) is 28.2 Å². The zero-order valence-electron chi connectivity index (χ0n) is 12.3. The first-order chi connectivity index (χ1) is 10.1. The Labute approximate surface area is 131 Å². The van der Waals surface area contributed by atoms with Crippen molar-refractivity contribution >= 4 is 21.8 Å². The summed E-state index contributed by atoms with van der Waals surface area (Å²) in [6.07, 6.45) is 5.13. The van der Waals surface area contributed by atoms with Crippen molar-refractivity contribution in [3.8, 4) is 0 Å². The lowest BCUT2D eigenvalue weighted by molar-refractivity contribution is 0.218. The molecule has 0 unspecified atom stereocenters. The van der Waals surface area contributed by atoms with E-state index < -0.39 is 10.0 Å². The third-order valence-corrected chi connectivity index (χ3v) is 7.31. The van der Waals surface area contributed by atoms with Crippen LogP contribution in [0.4, 0.5) is 0 Å². The lowest BCUT2D eigenvalue weighted by Gasteiger charge is -2.33. The molecule has 3 rings (SSSR count). The Morgan fingerprint density at radius 2 is 2.00 bits per heavy atom. The number of piperidine rings is 1. The van der Waals surface area contributed by atoms with Crippen LogP contribution >= 0.6 is 11.8 Å². The number of hydrogen-bond acceptors (Lipinski definition) is 4. The maximum absolute atomic E-state index is 12.8.